The van der Waals surface area contributed by atoms with Crippen molar-refractivity contribution in [2.45, 2.75) is 12.7 Å². The number of anilines is 1. The number of ether oxygens (including phenoxy) is 1. The number of hydrogen-bond acceptors (Lipinski definition) is 6. The molecule has 0 bridgehead atoms. The van der Waals surface area contributed by atoms with Crippen LogP contribution < -0.4 is 5.32 Å². The maximum Gasteiger partial charge on any atom is 0.418 e. The molecule has 1 aromatic carbocycles. The number of nitrogens with zero attached hydrogens (tertiary/aromatic N) is 4. The van der Waals surface area contributed by atoms with Crippen LogP contribution in [0.15, 0.2) is 35.6 Å². The zero-order valence-electron chi connectivity index (χ0n) is 13.0. The Bertz CT molecular complexity index is 787. The fourth-order valence-electron chi connectivity index (χ4n) is 2.34. The molecule has 1 aromatic heterocycles. The summed E-state index contributed by atoms with van der Waals surface area (Å²) in [5, 5.41) is 10.1. The number of nitrogens with one attached hydrogen (secondary N) is 1. The van der Waals surface area contributed by atoms with E-state index in [1.54, 1.807) is 6.20 Å². The summed E-state index contributed by atoms with van der Waals surface area (Å²) in [5.41, 5.74) is -0.242. The van der Waals surface area contributed by atoms with Gasteiger partial charge in [0, 0.05) is 18.4 Å². The third kappa shape index (κ3) is 4.14. The van der Waals surface area contributed by atoms with Crippen LogP contribution in [-0.2, 0) is 22.3 Å². The van der Waals surface area contributed by atoms with Crippen LogP contribution in [0.4, 0.5) is 18.9 Å². The number of esters is 1. The van der Waals surface area contributed by atoms with Gasteiger partial charge in [0.25, 0.3) is 0 Å². The molecule has 0 amide bonds. The van der Waals surface area contributed by atoms with E-state index in [1.165, 1.54) is 23.0 Å². The number of benzene rings is 1. The first-order chi connectivity index (χ1) is 11.9. The molecule has 1 aliphatic heterocycles. The van der Waals surface area contributed by atoms with Crippen molar-refractivity contribution in [2.75, 3.05) is 25.0 Å². The molecule has 1 N–H and O–H groups in total. The van der Waals surface area contributed by atoms with Gasteiger partial charge >= 0.3 is 12.1 Å². The van der Waals surface area contributed by atoms with E-state index in [9.17, 15) is 18.0 Å². The second-order valence-corrected chi connectivity index (χ2v) is 5.27. The summed E-state index contributed by atoms with van der Waals surface area (Å²) in [7, 11) is 0. The van der Waals surface area contributed by atoms with Gasteiger partial charge in [-0.05, 0) is 17.7 Å². The zero-order chi connectivity index (χ0) is 17.9. The van der Waals surface area contributed by atoms with Gasteiger partial charge < -0.3 is 10.1 Å². The second kappa shape index (κ2) is 6.91. The van der Waals surface area contributed by atoms with Crippen LogP contribution in [0.25, 0.3) is 0 Å². The molecule has 132 valence electrons. The van der Waals surface area contributed by atoms with E-state index >= 15 is 0 Å². The van der Waals surface area contributed by atoms with Crippen molar-refractivity contribution in [1.29, 1.82) is 0 Å². The van der Waals surface area contributed by atoms with Crippen LogP contribution in [0.3, 0.4) is 0 Å². The van der Waals surface area contributed by atoms with Gasteiger partial charge in [0.05, 0.1) is 24.0 Å². The minimum atomic E-state index is -4.53. The average Bonchev–Trinajstić information content (AvgIpc) is 3.08. The summed E-state index contributed by atoms with van der Waals surface area (Å²) in [6.45, 7) is 0.315. The van der Waals surface area contributed by atoms with Crippen molar-refractivity contribution in [3.05, 3.63) is 41.7 Å². The summed E-state index contributed by atoms with van der Waals surface area (Å²) in [4.78, 5) is 15.0. The minimum Gasteiger partial charge on any atom is -0.458 e. The van der Waals surface area contributed by atoms with E-state index in [2.05, 4.69) is 20.6 Å². The summed E-state index contributed by atoms with van der Waals surface area (Å²) in [5.74, 6) is -0.494. The first kappa shape index (κ1) is 16.9. The molecule has 0 saturated heterocycles. The van der Waals surface area contributed by atoms with Crippen LogP contribution in [-0.4, -0.2) is 46.4 Å². The predicted molar refractivity (Wildman–Crippen MR) is 82.3 cm³/mol. The molecule has 0 fully saturated rings. The lowest BCUT2D eigenvalue weighted by molar-refractivity contribution is -0.141. The highest BCUT2D eigenvalue weighted by molar-refractivity contribution is 6.04. The molecule has 0 unspecified atom stereocenters. The quantitative estimate of drug-likeness (QED) is 0.829. The molecule has 0 aliphatic carbocycles. The normalized spacial score (nSPS) is 14.8. The Morgan fingerprint density at radius 3 is 2.80 bits per heavy atom. The van der Waals surface area contributed by atoms with Gasteiger partial charge in [-0.3, -0.25) is 14.5 Å². The van der Waals surface area contributed by atoms with Crippen molar-refractivity contribution >= 4 is 17.4 Å². The maximum atomic E-state index is 13.4. The standard InChI is InChI=1S/C15H14F3N5O2/c16-15(17,18)11-7-10(13-9-25-14(24)8-20-13)1-2-12(11)19-3-5-23-6-4-21-22-23/h1-2,4,6-7,19H,3,5,8-9H2. The number of cyclic esters (lactones) is 1. The Labute approximate surface area is 140 Å². The molecule has 2 aromatic rings. The van der Waals surface area contributed by atoms with Gasteiger partial charge in [-0.1, -0.05) is 11.3 Å². The average molecular weight is 353 g/mol. The predicted octanol–water partition coefficient (Wildman–Crippen LogP) is 1.75. The monoisotopic (exact) mass is 353 g/mol. The van der Waals surface area contributed by atoms with Gasteiger partial charge in [0.2, 0.25) is 0 Å². The first-order valence-electron chi connectivity index (χ1n) is 7.42. The number of carbonyl (C=O) groups excluding carboxylic acids is 1. The van der Waals surface area contributed by atoms with E-state index in [1.807, 2.05) is 0 Å². The molecule has 0 radical (unpaired) electrons. The van der Waals surface area contributed by atoms with Crippen molar-refractivity contribution in [3.63, 3.8) is 0 Å². The van der Waals surface area contributed by atoms with Crippen LogP contribution >= 0.6 is 0 Å². The fourth-order valence-corrected chi connectivity index (χ4v) is 2.34. The minimum absolute atomic E-state index is 0.0373. The van der Waals surface area contributed by atoms with Crippen LogP contribution in [0, 0.1) is 0 Å². The lowest BCUT2D eigenvalue weighted by Crippen LogP contribution is -2.24. The van der Waals surface area contributed by atoms with Gasteiger partial charge in [0.1, 0.15) is 13.2 Å². The third-order valence-corrected chi connectivity index (χ3v) is 3.56. The molecule has 0 atom stereocenters. The molecular formula is C15H14F3N5O2. The summed E-state index contributed by atoms with van der Waals surface area (Å²) < 4.78 is 46.4. The molecule has 0 saturated carbocycles. The van der Waals surface area contributed by atoms with Gasteiger partial charge in [0.15, 0.2) is 0 Å². The Balaban J connectivity index is 1.79. The lowest BCUT2D eigenvalue weighted by atomic mass is 10.0. The molecule has 2 heterocycles. The zero-order valence-corrected chi connectivity index (χ0v) is 13.0. The molecule has 3 rings (SSSR count). The Hall–Kier alpha value is -2.91. The van der Waals surface area contributed by atoms with Crippen molar-refractivity contribution in [2.24, 2.45) is 4.99 Å². The number of alkyl halides is 3. The molecule has 25 heavy (non-hydrogen) atoms. The second-order valence-electron chi connectivity index (χ2n) is 5.27. The Morgan fingerprint density at radius 1 is 1.32 bits per heavy atom. The Morgan fingerprint density at radius 2 is 2.16 bits per heavy atom. The number of halogens is 3. The van der Waals surface area contributed by atoms with Crippen molar-refractivity contribution in [1.82, 2.24) is 15.0 Å². The number of rotatable bonds is 5. The summed E-state index contributed by atoms with van der Waals surface area (Å²) in [6.07, 6.45) is -1.41. The van der Waals surface area contributed by atoms with Gasteiger partial charge in [-0.15, -0.1) is 5.10 Å². The number of carbonyl (C=O) groups is 1. The lowest BCUT2D eigenvalue weighted by Gasteiger charge is -2.18. The van der Waals surface area contributed by atoms with E-state index in [-0.39, 0.29) is 30.9 Å². The topological polar surface area (TPSA) is 81.4 Å². The number of aliphatic imine (C=N–C) groups is 1. The van der Waals surface area contributed by atoms with Crippen LogP contribution in [0.5, 0.6) is 0 Å². The fraction of sp³-hybridized carbons (Fsp3) is 0.333. The molecular weight excluding hydrogens is 339 g/mol. The molecule has 7 nitrogen and oxygen atoms in total. The molecule has 10 heteroatoms. The molecule has 1 aliphatic rings. The van der Waals surface area contributed by atoms with E-state index < -0.39 is 17.7 Å². The van der Waals surface area contributed by atoms with E-state index in [4.69, 9.17) is 4.74 Å². The van der Waals surface area contributed by atoms with Crippen molar-refractivity contribution < 1.29 is 22.7 Å². The van der Waals surface area contributed by atoms with Gasteiger partial charge in [-0.2, -0.15) is 13.2 Å². The Kier molecular flexibility index (Phi) is 4.68. The largest absolute Gasteiger partial charge is 0.458 e. The number of aromatic nitrogens is 3. The van der Waals surface area contributed by atoms with Crippen LogP contribution in [0.1, 0.15) is 11.1 Å². The highest BCUT2D eigenvalue weighted by atomic mass is 19.4. The van der Waals surface area contributed by atoms with E-state index in [0.29, 0.717) is 12.3 Å². The SMILES string of the molecule is O=C1CN=C(c2ccc(NCCn3ccnn3)c(C(F)(F)F)c2)CO1. The first-order valence-corrected chi connectivity index (χ1v) is 7.42. The smallest absolute Gasteiger partial charge is 0.418 e. The highest BCUT2D eigenvalue weighted by Gasteiger charge is 2.34. The highest BCUT2D eigenvalue weighted by Crippen LogP contribution is 2.35. The third-order valence-electron chi connectivity index (χ3n) is 3.56. The molecule has 0 spiro atoms. The van der Waals surface area contributed by atoms with Gasteiger partial charge in [-0.25, -0.2) is 0 Å². The summed E-state index contributed by atoms with van der Waals surface area (Å²) >= 11 is 0. The van der Waals surface area contributed by atoms with E-state index in [0.717, 1.165) is 6.07 Å². The van der Waals surface area contributed by atoms with Crippen LogP contribution in [0.2, 0.25) is 0 Å². The maximum absolute atomic E-state index is 13.4. The number of hydrogen-bond donors (Lipinski definition) is 1. The van der Waals surface area contributed by atoms with Crippen molar-refractivity contribution in [3.8, 4) is 0 Å². The summed E-state index contributed by atoms with van der Waals surface area (Å²) in [6, 6.07) is 3.87.